The van der Waals surface area contributed by atoms with Gasteiger partial charge in [-0.05, 0) is 62.2 Å². The highest BCUT2D eigenvalue weighted by atomic mass is 14.5. The minimum atomic E-state index is 0.697. The molecule has 0 unspecified atom stereocenters. The molecule has 3 aliphatic rings. The summed E-state index contributed by atoms with van der Waals surface area (Å²) in [5, 5.41) is 0. The van der Waals surface area contributed by atoms with Gasteiger partial charge in [-0.25, -0.2) is 0 Å². The lowest BCUT2D eigenvalue weighted by atomic mass is 9.52. The van der Waals surface area contributed by atoms with Gasteiger partial charge < -0.3 is 0 Å². The minimum absolute atomic E-state index is 0.697. The standard InChI is InChI=1S/C15H24/c1-15-11-5-4-7-13(15)10-9-12-6-2-3-8-14(12)15/h6,13-14H,2-5,7-11H2,1H3/t13-,14+,15+/m0/s1. The Hall–Kier alpha value is -0.260. The minimum Gasteiger partial charge on any atom is -0.0850 e. The summed E-state index contributed by atoms with van der Waals surface area (Å²) in [6, 6.07) is 0. The molecule has 0 heterocycles. The molecule has 0 radical (unpaired) electrons. The molecule has 0 nitrogen and oxygen atoms in total. The van der Waals surface area contributed by atoms with Crippen LogP contribution in [0.1, 0.15) is 64.7 Å². The average Bonchev–Trinajstić information content (AvgIpc) is 2.29. The van der Waals surface area contributed by atoms with Crippen LogP contribution in [-0.4, -0.2) is 0 Å². The van der Waals surface area contributed by atoms with Gasteiger partial charge in [-0.3, -0.25) is 0 Å². The van der Waals surface area contributed by atoms with Crippen LogP contribution in [0.4, 0.5) is 0 Å². The average molecular weight is 204 g/mol. The normalized spacial score (nSPS) is 45.3. The van der Waals surface area contributed by atoms with E-state index in [0.29, 0.717) is 5.41 Å². The fourth-order valence-electron chi connectivity index (χ4n) is 4.67. The predicted octanol–water partition coefficient (Wildman–Crippen LogP) is 4.70. The van der Waals surface area contributed by atoms with Gasteiger partial charge in [0.2, 0.25) is 0 Å². The van der Waals surface area contributed by atoms with Gasteiger partial charge >= 0.3 is 0 Å². The number of fused-ring (bicyclic) bond motifs is 3. The molecule has 0 aromatic carbocycles. The van der Waals surface area contributed by atoms with Gasteiger partial charge in [0.25, 0.3) is 0 Å². The van der Waals surface area contributed by atoms with Crippen molar-refractivity contribution in [1.82, 2.24) is 0 Å². The first-order valence-electron chi connectivity index (χ1n) is 6.99. The molecule has 0 amide bonds. The van der Waals surface area contributed by atoms with Crippen LogP contribution in [0.25, 0.3) is 0 Å². The molecule has 0 spiro atoms. The molecule has 0 bridgehead atoms. The molecule has 0 aromatic rings. The monoisotopic (exact) mass is 204 g/mol. The Morgan fingerprint density at radius 2 is 2.07 bits per heavy atom. The molecule has 0 N–H and O–H groups in total. The van der Waals surface area contributed by atoms with Crippen molar-refractivity contribution >= 4 is 0 Å². The van der Waals surface area contributed by atoms with Crippen LogP contribution in [-0.2, 0) is 0 Å². The van der Waals surface area contributed by atoms with Gasteiger partial charge in [-0.2, -0.15) is 0 Å². The second-order valence-electron chi connectivity index (χ2n) is 6.25. The van der Waals surface area contributed by atoms with Crippen LogP contribution in [0.2, 0.25) is 0 Å². The maximum absolute atomic E-state index is 2.61. The Bertz CT molecular complexity index is 276. The summed E-state index contributed by atoms with van der Waals surface area (Å²) in [6.07, 6.45) is 15.9. The fourth-order valence-corrected chi connectivity index (χ4v) is 4.67. The Kier molecular flexibility index (Phi) is 2.41. The summed E-state index contributed by atoms with van der Waals surface area (Å²) in [4.78, 5) is 0. The maximum Gasteiger partial charge on any atom is -0.0146 e. The lowest BCUT2D eigenvalue weighted by Crippen LogP contribution is -2.42. The van der Waals surface area contributed by atoms with Gasteiger partial charge in [0.1, 0.15) is 0 Å². The van der Waals surface area contributed by atoms with Gasteiger partial charge in [0.05, 0.1) is 0 Å². The third-order valence-electron chi connectivity index (χ3n) is 5.58. The molecule has 2 saturated carbocycles. The molecular weight excluding hydrogens is 180 g/mol. The predicted molar refractivity (Wildman–Crippen MR) is 64.7 cm³/mol. The summed E-state index contributed by atoms with van der Waals surface area (Å²) in [6.45, 7) is 2.61. The molecule has 0 heteroatoms. The molecule has 3 atom stereocenters. The molecule has 0 aliphatic heterocycles. The van der Waals surface area contributed by atoms with Crippen molar-refractivity contribution in [2.45, 2.75) is 64.7 Å². The van der Waals surface area contributed by atoms with Crippen LogP contribution in [0.15, 0.2) is 11.6 Å². The Morgan fingerprint density at radius 1 is 1.13 bits per heavy atom. The summed E-state index contributed by atoms with van der Waals surface area (Å²) < 4.78 is 0. The van der Waals surface area contributed by atoms with E-state index in [9.17, 15) is 0 Å². The third kappa shape index (κ3) is 1.48. The van der Waals surface area contributed by atoms with Crippen molar-refractivity contribution in [1.29, 1.82) is 0 Å². The van der Waals surface area contributed by atoms with E-state index in [2.05, 4.69) is 13.0 Å². The largest absolute Gasteiger partial charge is 0.0850 e. The smallest absolute Gasteiger partial charge is 0.0146 e. The lowest BCUT2D eigenvalue weighted by molar-refractivity contribution is 0.0245. The molecule has 3 rings (SSSR count). The summed E-state index contributed by atoms with van der Waals surface area (Å²) in [7, 11) is 0. The van der Waals surface area contributed by atoms with Crippen molar-refractivity contribution < 1.29 is 0 Å². The van der Waals surface area contributed by atoms with Crippen LogP contribution >= 0.6 is 0 Å². The van der Waals surface area contributed by atoms with Crippen molar-refractivity contribution in [3.05, 3.63) is 11.6 Å². The highest BCUT2D eigenvalue weighted by Gasteiger charge is 2.46. The van der Waals surface area contributed by atoms with E-state index in [1.807, 2.05) is 5.57 Å². The zero-order chi connectivity index (χ0) is 10.3. The van der Waals surface area contributed by atoms with E-state index in [1.165, 1.54) is 57.8 Å². The zero-order valence-corrected chi connectivity index (χ0v) is 10.1. The molecular formula is C15H24. The van der Waals surface area contributed by atoms with E-state index in [4.69, 9.17) is 0 Å². The van der Waals surface area contributed by atoms with Gasteiger partial charge in [-0.15, -0.1) is 0 Å². The van der Waals surface area contributed by atoms with Gasteiger partial charge in [0, 0.05) is 0 Å². The molecule has 2 fully saturated rings. The van der Waals surface area contributed by atoms with Crippen LogP contribution in [0.5, 0.6) is 0 Å². The second-order valence-corrected chi connectivity index (χ2v) is 6.25. The molecule has 3 aliphatic carbocycles. The quantitative estimate of drug-likeness (QED) is 0.502. The Morgan fingerprint density at radius 3 is 3.00 bits per heavy atom. The first kappa shape index (κ1) is 9.93. The maximum atomic E-state index is 2.61. The van der Waals surface area contributed by atoms with Gasteiger partial charge in [0.15, 0.2) is 0 Å². The van der Waals surface area contributed by atoms with Crippen LogP contribution in [0, 0.1) is 17.3 Å². The molecule has 0 saturated heterocycles. The molecule has 15 heavy (non-hydrogen) atoms. The van der Waals surface area contributed by atoms with Gasteiger partial charge in [-0.1, -0.05) is 31.4 Å². The van der Waals surface area contributed by atoms with E-state index in [-0.39, 0.29) is 0 Å². The number of hydrogen-bond acceptors (Lipinski definition) is 0. The number of rotatable bonds is 0. The summed E-state index contributed by atoms with van der Waals surface area (Å²) in [5.41, 5.74) is 2.55. The molecule has 0 aromatic heterocycles. The molecule has 84 valence electrons. The lowest BCUT2D eigenvalue weighted by Gasteiger charge is -2.53. The highest BCUT2D eigenvalue weighted by molar-refractivity contribution is 5.18. The summed E-state index contributed by atoms with van der Waals surface area (Å²) >= 11 is 0. The Balaban J connectivity index is 1.91. The zero-order valence-electron chi connectivity index (χ0n) is 10.1. The first-order chi connectivity index (χ1) is 7.31. The first-order valence-corrected chi connectivity index (χ1v) is 6.99. The van der Waals surface area contributed by atoms with E-state index >= 15 is 0 Å². The third-order valence-corrected chi connectivity index (χ3v) is 5.58. The van der Waals surface area contributed by atoms with E-state index < -0.39 is 0 Å². The fraction of sp³-hybridized carbons (Fsp3) is 0.867. The van der Waals surface area contributed by atoms with Crippen molar-refractivity contribution in [2.24, 2.45) is 17.3 Å². The van der Waals surface area contributed by atoms with Crippen LogP contribution in [0.3, 0.4) is 0 Å². The topological polar surface area (TPSA) is 0 Å². The highest BCUT2D eigenvalue weighted by Crippen LogP contribution is 2.57. The number of hydrogen-bond donors (Lipinski definition) is 0. The summed E-state index contributed by atoms with van der Waals surface area (Å²) in [5.74, 6) is 2.04. The van der Waals surface area contributed by atoms with E-state index in [1.54, 1.807) is 0 Å². The van der Waals surface area contributed by atoms with Crippen molar-refractivity contribution in [3.8, 4) is 0 Å². The second kappa shape index (κ2) is 3.64. The van der Waals surface area contributed by atoms with Crippen LogP contribution < -0.4 is 0 Å². The SMILES string of the molecule is C[C@@]12CCCC[C@H]1CCC1=CCCC[C@H]12. The Labute approximate surface area is 94.1 Å². The van der Waals surface area contributed by atoms with E-state index in [0.717, 1.165) is 11.8 Å². The van der Waals surface area contributed by atoms with Crippen molar-refractivity contribution in [2.75, 3.05) is 0 Å². The number of allylic oxidation sites excluding steroid dienone is 2. The van der Waals surface area contributed by atoms with Crippen molar-refractivity contribution in [3.63, 3.8) is 0 Å².